The molecule has 0 unspecified atom stereocenters. The lowest BCUT2D eigenvalue weighted by molar-refractivity contribution is -0.356. The minimum atomic E-state index is -3.04. The second-order valence-electron chi connectivity index (χ2n) is 18.7. The summed E-state index contributed by atoms with van der Waals surface area (Å²) in [6.07, 6.45) is 2.40. The molecule has 2 aliphatic heterocycles. The van der Waals surface area contributed by atoms with Crippen molar-refractivity contribution in [2.45, 2.75) is 109 Å². The van der Waals surface area contributed by atoms with Crippen LogP contribution in [0.4, 0.5) is 0 Å². The molecule has 1 spiro atoms. The van der Waals surface area contributed by atoms with Crippen LogP contribution in [0, 0.1) is 17.3 Å². The third-order valence-corrected chi connectivity index (χ3v) is 23.6. The zero-order valence-electron chi connectivity index (χ0n) is 33.9. The fraction of sp³-hybridized carbons (Fsp3) is 0.468. The van der Waals surface area contributed by atoms with Crippen LogP contribution in [0.5, 0.6) is 0 Å². The van der Waals surface area contributed by atoms with E-state index < -0.39 is 27.8 Å². The highest BCUT2D eigenvalue weighted by atomic mass is 28.4. The molecular weight excluding hydrogens is 701 g/mol. The number of hydrogen-bond donors (Lipinski definition) is 0. The topological polar surface area (TPSA) is 54.0 Å². The molecule has 0 N–H and O–H groups in total. The van der Waals surface area contributed by atoms with Gasteiger partial charge in [-0.2, -0.15) is 0 Å². The van der Waals surface area contributed by atoms with Gasteiger partial charge in [-0.1, -0.05) is 177 Å². The first-order valence-electron chi connectivity index (χ1n) is 20.0. The van der Waals surface area contributed by atoms with Crippen molar-refractivity contribution in [2.75, 3.05) is 13.2 Å². The Morgan fingerprint density at radius 3 is 1.57 bits per heavy atom. The molecule has 0 bridgehead atoms. The summed E-state index contributed by atoms with van der Waals surface area (Å²) in [7, 11) is -5.81. The molecule has 286 valence electrons. The minimum absolute atomic E-state index is 0.100. The van der Waals surface area contributed by atoms with Crippen molar-refractivity contribution in [3.05, 3.63) is 121 Å². The maximum atomic E-state index is 14.7. The Morgan fingerprint density at radius 1 is 0.722 bits per heavy atom. The molecule has 0 aromatic heterocycles. The van der Waals surface area contributed by atoms with Gasteiger partial charge in [0.05, 0.1) is 19.1 Å². The lowest BCUT2D eigenvalue weighted by Crippen LogP contribution is -2.78. The Hall–Kier alpha value is -3.34. The van der Waals surface area contributed by atoms with E-state index in [1.54, 1.807) is 0 Å². The van der Waals surface area contributed by atoms with Crippen LogP contribution >= 0.6 is 0 Å². The van der Waals surface area contributed by atoms with Gasteiger partial charge in [0.1, 0.15) is 17.3 Å². The Balaban J connectivity index is 1.16. The van der Waals surface area contributed by atoms with Gasteiger partial charge in [-0.25, -0.2) is 0 Å². The maximum Gasteiger partial charge on any atom is 0.323 e. The van der Waals surface area contributed by atoms with Crippen LogP contribution in [0.3, 0.4) is 0 Å². The van der Waals surface area contributed by atoms with Gasteiger partial charge < -0.3 is 18.3 Å². The zero-order valence-corrected chi connectivity index (χ0v) is 35.9. The van der Waals surface area contributed by atoms with Gasteiger partial charge in [0.15, 0.2) is 0 Å². The van der Waals surface area contributed by atoms with Crippen LogP contribution in [-0.2, 0) is 23.1 Å². The molecule has 2 heterocycles. The van der Waals surface area contributed by atoms with Crippen LogP contribution in [0.1, 0.15) is 81.6 Å². The van der Waals surface area contributed by atoms with Crippen molar-refractivity contribution in [1.29, 1.82) is 0 Å². The van der Waals surface area contributed by atoms with Crippen LogP contribution < -0.4 is 20.7 Å². The second-order valence-corrected chi connectivity index (χ2v) is 27.3. The molecule has 0 amide bonds. The summed E-state index contributed by atoms with van der Waals surface area (Å²) in [6.45, 7) is 21.4. The molecule has 54 heavy (non-hydrogen) atoms. The van der Waals surface area contributed by atoms with Gasteiger partial charge in [0.25, 0.3) is 14.3 Å². The van der Waals surface area contributed by atoms with Crippen molar-refractivity contribution in [3.8, 4) is 0 Å². The van der Waals surface area contributed by atoms with Crippen molar-refractivity contribution >= 4 is 43.4 Å². The number of hydrogen-bond acceptors (Lipinski definition) is 5. The van der Waals surface area contributed by atoms with Gasteiger partial charge >= 0.3 is 8.32 Å². The van der Waals surface area contributed by atoms with Gasteiger partial charge in [-0.05, 0) is 62.9 Å². The van der Waals surface area contributed by atoms with Crippen LogP contribution in [-0.4, -0.2) is 53.1 Å². The Labute approximate surface area is 326 Å². The van der Waals surface area contributed by atoms with E-state index in [0.29, 0.717) is 13.2 Å². The predicted molar refractivity (Wildman–Crippen MR) is 224 cm³/mol. The van der Waals surface area contributed by atoms with Gasteiger partial charge in [-0.15, -0.1) is 0 Å². The number of benzene rings is 4. The predicted octanol–water partition coefficient (Wildman–Crippen LogP) is 8.04. The molecule has 1 saturated carbocycles. The van der Waals surface area contributed by atoms with E-state index in [4.69, 9.17) is 18.3 Å². The summed E-state index contributed by atoms with van der Waals surface area (Å²) in [5.74, 6) is -0.310. The standard InChI is InChI=1S/C47H60O5Si2/c1-35(42(48)52-54(44(5,6)7,39-26-18-12-19-27-39)40-28-20-13-21-29-40)36-30-31-45(8)34-49-46(9)41(51-47(45,46)32-36)33-50-53(43(2,3)4,37-22-14-10-15-23-37)38-24-16-11-17-25-38/h10-29,35-36,41H,30-34H2,1-9H3/t35-,36+,41+,45-,46+,47+/m0/s1. The molecule has 4 aromatic rings. The zero-order chi connectivity index (χ0) is 38.6. The normalized spacial score (nSPS) is 27.6. The molecule has 7 rings (SSSR count). The quantitative estimate of drug-likeness (QED) is 0.153. The molecule has 1 aliphatic carbocycles. The van der Waals surface area contributed by atoms with Crippen LogP contribution in [0.2, 0.25) is 10.1 Å². The van der Waals surface area contributed by atoms with Gasteiger partial charge in [0, 0.05) is 5.41 Å². The van der Waals surface area contributed by atoms with E-state index in [9.17, 15) is 4.79 Å². The van der Waals surface area contributed by atoms with Gasteiger partial charge in [0.2, 0.25) is 0 Å². The fourth-order valence-electron chi connectivity index (χ4n) is 10.5. The van der Waals surface area contributed by atoms with Crippen LogP contribution in [0.25, 0.3) is 0 Å². The van der Waals surface area contributed by atoms with Crippen molar-refractivity contribution in [1.82, 2.24) is 0 Å². The lowest BCUT2D eigenvalue weighted by atomic mass is 9.52. The third-order valence-electron chi connectivity index (χ3n) is 13.7. The van der Waals surface area contributed by atoms with Crippen molar-refractivity contribution in [3.63, 3.8) is 0 Å². The number of carbonyl (C=O) groups is 1. The minimum Gasteiger partial charge on any atom is -0.509 e. The van der Waals surface area contributed by atoms with Crippen molar-refractivity contribution < 1.29 is 23.1 Å². The average molecular weight is 761 g/mol. The SMILES string of the molecule is C[C@H](C(=O)O[Si](c1ccccc1)(c1ccccc1)C(C)(C)C)[C@@H]1CC[C@@]2(C)CO[C@]3(C)[C@@H](CO[Si](c4ccccc4)(c4ccccc4)C(C)(C)C)O[C@]23C1. The summed E-state index contributed by atoms with van der Waals surface area (Å²) >= 11 is 0. The Bertz CT molecular complexity index is 1830. The molecular formula is C47H60O5Si2. The number of ether oxygens (including phenoxy) is 2. The molecule has 6 atom stereocenters. The molecule has 3 aliphatic rings. The average Bonchev–Trinajstić information content (AvgIpc) is 3.34. The molecule has 7 heteroatoms. The van der Waals surface area contributed by atoms with E-state index in [-0.39, 0.29) is 39.4 Å². The Morgan fingerprint density at radius 2 is 1.15 bits per heavy atom. The monoisotopic (exact) mass is 760 g/mol. The summed E-state index contributed by atoms with van der Waals surface area (Å²) in [4.78, 5) is 14.7. The van der Waals surface area contributed by atoms with Gasteiger partial charge in [-0.3, -0.25) is 4.79 Å². The van der Waals surface area contributed by atoms with E-state index in [2.05, 4.69) is 172 Å². The van der Waals surface area contributed by atoms with E-state index in [0.717, 1.165) is 29.6 Å². The second kappa shape index (κ2) is 14.0. The highest BCUT2D eigenvalue weighted by Gasteiger charge is 2.78. The van der Waals surface area contributed by atoms with Crippen LogP contribution in [0.15, 0.2) is 121 Å². The van der Waals surface area contributed by atoms with E-state index in [1.165, 1.54) is 10.4 Å². The first-order valence-corrected chi connectivity index (χ1v) is 23.8. The molecule has 0 radical (unpaired) electrons. The summed E-state index contributed by atoms with van der Waals surface area (Å²) in [5.41, 5.74) is -1.18. The summed E-state index contributed by atoms with van der Waals surface area (Å²) < 4.78 is 28.6. The number of rotatable bonds is 10. The summed E-state index contributed by atoms with van der Waals surface area (Å²) in [5, 5.41) is 4.31. The highest BCUT2D eigenvalue weighted by molar-refractivity contribution is 7.00. The van der Waals surface area contributed by atoms with E-state index >= 15 is 0 Å². The maximum absolute atomic E-state index is 14.7. The first kappa shape index (κ1) is 38.9. The Kier molecular flexibility index (Phi) is 10.1. The van der Waals surface area contributed by atoms with Crippen molar-refractivity contribution in [2.24, 2.45) is 17.3 Å². The number of carbonyl (C=O) groups excluding carboxylic acids is 1. The largest absolute Gasteiger partial charge is 0.509 e. The molecule has 5 nitrogen and oxygen atoms in total. The first-order chi connectivity index (χ1) is 25.5. The molecule has 3 fully saturated rings. The lowest BCUT2D eigenvalue weighted by Gasteiger charge is -2.65. The highest BCUT2D eigenvalue weighted by Crippen LogP contribution is 2.67. The smallest absolute Gasteiger partial charge is 0.323 e. The molecule has 4 aromatic carbocycles. The summed E-state index contributed by atoms with van der Waals surface area (Å²) in [6, 6.07) is 42.5. The molecule has 2 saturated heterocycles. The third kappa shape index (κ3) is 5.92. The fourth-order valence-corrected chi connectivity index (χ4v) is 19.4. The van der Waals surface area contributed by atoms with E-state index in [1.807, 2.05) is 12.1 Å².